The van der Waals surface area contributed by atoms with Crippen molar-refractivity contribution in [3.63, 3.8) is 0 Å². The Morgan fingerprint density at radius 1 is 1.03 bits per heavy atom. The molecule has 3 aromatic rings. The second kappa shape index (κ2) is 10.8. The third kappa shape index (κ3) is 6.39. The third-order valence-electron chi connectivity index (χ3n) is 4.65. The molecule has 2 aromatic carbocycles. The van der Waals surface area contributed by atoms with E-state index in [-0.39, 0.29) is 33.7 Å². The minimum Gasteiger partial charge on any atom is -0.465 e. The fourth-order valence-electron chi connectivity index (χ4n) is 3.12. The number of benzene rings is 2. The second-order valence-electron chi connectivity index (χ2n) is 7.06. The lowest BCUT2D eigenvalue weighted by Crippen LogP contribution is -2.22. The highest BCUT2D eigenvalue weighted by Crippen LogP contribution is 2.32. The van der Waals surface area contributed by atoms with E-state index < -0.39 is 24.5 Å². The summed E-state index contributed by atoms with van der Waals surface area (Å²) in [5.41, 5.74) is 2.33. The van der Waals surface area contributed by atoms with Crippen molar-refractivity contribution in [1.29, 1.82) is 0 Å². The number of halogens is 5. The van der Waals surface area contributed by atoms with E-state index in [1.165, 1.54) is 19.4 Å². The number of methoxy groups -OCH3 is 1. The Hall–Kier alpha value is -3.30. The van der Waals surface area contributed by atoms with Crippen molar-refractivity contribution in [1.82, 2.24) is 4.98 Å². The fraction of sp³-hybridized carbons (Fsp3) is 0.174. The summed E-state index contributed by atoms with van der Waals surface area (Å²) in [7, 11) is 1.27. The Bertz CT molecular complexity index is 1200. The maximum atomic E-state index is 12.5. The number of anilines is 2. The molecule has 0 saturated heterocycles. The Kier molecular flexibility index (Phi) is 8.01. The molecule has 0 radical (unpaired) electrons. The highest BCUT2D eigenvalue weighted by atomic mass is 35.5. The SMILES string of the molecule is COC(=O)c1c(Cl)cccc1-c1ccc(CNc2nccc(Cl)c2NC(=O)CC(F)(F)F)cc1. The first-order valence-electron chi connectivity index (χ1n) is 9.80. The highest BCUT2D eigenvalue weighted by Gasteiger charge is 2.31. The first-order chi connectivity index (χ1) is 16.1. The molecular weight excluding hydrogens is 494 g/mol. The monoisotopic (exact) mass is 511 g/mol. The molecule has 0 unspecified atom stereocenters. The molecule has 6 nitrogen and oxygen atoms in total. The summed E-state index contributed by atoms with van der Waals surface area (Å²) < 4.78 is 42.3. The lowest BCUT2D eigenvalue weighted by atomic mass is 9.98. The van der Waals surface area contributed by atoms with Gasteiger partial charge in [-0.15, -0.1) is 0 Å². The van der Waals surface area contributed by atoms with Gasteiger partial charge in [0.15, 0.2) is 5.82 Å². The van der Waals surface area contributed by atoms with Crippen molar-refractivity contribution < 1.29 is 27.5 Å². The van der Waals surface area contributed by atoms with Gasteiger partial charge in [-0.2, -0.15) is 13.2 Å². The molecule has 0 aliphatic rings. The zero-order chi connectivity index (χ0) is 24.9. The van der Waals surface area contributed by atoms with Crippen LogP contribution in [0.15, 0.2) is 54.7 Å². The van der Waals surface area contributed by atoms with Crippen LogP contribution in [0.5, 0.6) is 0 Å². The van der Waals surface area contributed by atoms with Crippen LogP contribution in [-0.2, 0) is 16.1 Å². The van der Waals surface area contributed by atoms with Gasteiger partial charge in [-0.05, 0) is 28.8 Å². The van der Waals surface area contributed by atoms with E-state index in [1.807, 2.05) is 0 Å². The van der Waals surface area contributed by atoms with Crippen LogP contribution in [-0.4, -0.2) is 30.1 Å². The number of carbonyl (C=O) groups is 2. The van der Waals surface area contributed by atoms with Crippen molar-refractivity contribution in [3.05, 3.63) is 75.9 Å². The molecule has 0 aliphatic heterocycles. The molecule has 1 aromatic heterocycles. The van der Waals surface area contributed by atoms with Crippen molar-refractivity contribution >= 4 is 46.6 Å². The number of nitrogens with one attached hydrogen (secondary N) is 2. The van der Waals surface area contributed by atoms with Crippen LogP contribution in [0, 0.1) is 0 Å². The number of ether oxygens (including phenoxy) is 1. The van der Waals surface area contributed by atoms with Gasteiger partial charge in [-0.25, -0.2) is 9.78 Å². The summed E-state index contributed by atoms with van der Waals surface area (Å²) in [5.74, 6) is -1.69. The van der Waals surface area contributed by atoms with Gasteiger partial charge in [0.05, 0.1) is 22.7 Å². The van der Waals surface area contributed by atoms with Crippen LogP contribution in [0.3, 0.4) is 0 Å². The number of aromatic nitrogens is 1. The van der Waals surface area contributed by atoms with E-state index in [0.717, 1.165) is 11.1 Å². The molecule has 1 amide bonds. The molecular formula is C23H18Cl2F3N3O3. The second-order valence-corrected chi connectivity index (χ2v) is 7.88. The molecule has 0 aliphatic carbocycles. The van der Waals surface area contributed by atoms with E-state index in [2.05, 4.69) is 15.6 Å². The van der Waals surface area contributed by atoms with E-state index in [0.29, 0.717) is 5.56 Å². The van der Waals surface area contributed by atoms with Gasteiger partial charge in [-0.3, -0.25) is 4.79 Å². The quantitative estimate of drug-likeness (QED) is 0.361. The Morgan fingerprint density at radius 2 is 1.74 bits per heavy atom. The minimum atomic E-state index is -4.65. The van der Waals surface area contributed by atoms with Crippen molar-refractivity contribution in [3.8, 4) is 11.1 Å². The number of pyridine rings is 1. The maximum absolute atomic E-state index is 12.5. The predicted octanol–water partition coefficient (Wildman–Crippen LogP) is 6.35. The van der Waals surface area contributed by atoms with Gasteiger partial charge >= 0.3 is 12.1 Å². The summed E-state index contributed by atoms with van der Waals surface area (Å²) in [6.07, 6.45) is -4.93. The average molecular weight is 512 g/mol. The van der Waals surface area contributed by atoms with Gasteiger partial charge in [-0.1, -0.05) is 59.6 Å². The molecule has 0 atom stereocenters. The van der Waals surface area contributed by atoms with E-state index >= 15 is 0 Å². The molecule has 0 spiro atoms. The zero-order valence-electron chi connectivity index (χ0n) is 17.7. The first kappa shape index (κ1) is 25.3. The molecule has 1 heterocycles. The fourth-order valence-corrected chi connectivity index (χ4v) is 3.56. The minimum absolute atomic E-state index is 0.0414. The highest BCUT2D eigenvalue weighted by molar-refractivity contribution is 6.34. The number of carbonyl (C=O) groups excluding carboxylic acids is 2. The smallest absolute Gasteiger partial charge is 0.397 e. The number of rotatable bonds is 7. The van der Waals surface area contributed by atoms with Crippen LogP contribution in [0.1, 0.15) is 22.3 Å². The van der Waals surface area contributed by atoms with Crippen molar-refractivity contribution in [2.24, 2.45) is 0 Å². The van der Waals surface area contributed by atoms with E-state index in [1.54, 1.807) is 42.5 Å². The largest absolute Gasteiger partial charge is 0.465 e. The summed E-state index contributed by atoms with van der Waals surface area (Å²) in [4.78, 5) is 27.9. The topological polar surface area (TPSA) is 80.3 Å². The van der Waals surface area contributed by atoms with Gasteiger partial charge in [0.2, 0.25) is 5.91 Å². The number of alkyl halides is 3. The number of nitrogens with zero attached hydrogens (tertiary/aromatic N) is 1. The van der Waals surface area contributed by atoms with Crippen molar-refractivity contribution in [2.45, 2.75) is 19.1 Å². The van der Waals surface area contributed by atoms with E-state index in [9.17, 15) is 22.8 Å². The zero-order valence-corrected chi connectivity index (χ0v) is 19.2. The predicted molar refractivity (Wildman–Crippen MR) is 124 cm³/mol. The Labute approximate surface area is 203 Å². The number of amides is 1. The van der Waals surface area contributed by atoms with Crippen molar-refractivity contribution in [2.75, 3.05) is 17.7 Å². The molecule has 178 valence electrons. The number of hydrogen-bond donors (Lipinski definition) is 2. The Morgan fingerprint density at radius 3 is 2.38 bits per heavy atom. The lowest BCUT2D eigenvalue weighted by molar-refractivity contribution is -0.150. The van der Waals surface area contributed by atoms with Crippen LogP contribution in [0.2, 0.25) is 10.0 Å². The van der Waals surface area contributed by atoms with Crippen LogP contribution in [0.25, 0.3) is 11.1 Å². The third-order valence-corrected chi connectivity index (χ3v) is 5.28. The van der Waals surface area contributed by atoms with Gasteiger partial charge in [0.25, 0.3) is 0 Å². The summed E-state index contributed by atoms with van der Waals surface area (Å²) >= 11 is 12.2. The van der Waals surface area contributed by atoms with Gasteiger partial charge in [0, 0.05) is 12.7 Å². The Balaban J connectivity index is 1.76. The van der Waals surface area contributed by atoms with Crippen LogP contribution in [0.4, 0.5) is 24.7 Å². The van der Waals surface area contributed by atoms with E-state index in [4.69, 9.17) is 27.9 Å². The molecule has 3 rings (SSSR count). The first-order valence-corrected chi connectivity index (χ1v) is 10.6. The number of esters is 1. The van der Waals surface area contributed by atoms with Gasteiger partial charge < -0.3 is 15.4 Å². The standard InChI is InChI=1S/C23H18Cl2F3N3O3/c1-34-22(33)19-15(3-2-4-16(19)24)14-7-5-13(6-8-14)12-30-21-20(17(25)9-10-29-21)31-18(32)11-23(26,27)28/h2-10H,11-12H2,1H3,(H,29,30)(H,31,32). The molecule has 0 bridgehead atoms. The summed E-state index contributed by atoms with van der Waals surface area (Å²) in [5, 5.41) is 5.42. The summed E-state index contributed by atoms with van der Waals surface area (Å²) in [6.45, 7) is 0.231. The van der Waals surface area contributed by atoms with Gasteiger partial charge in [0.1, 0.15) is 12.1 Å². The molecule has 11 heteroatoms. The number of hydrogen-bond acceptors (Lipinski definition) is 5. The summed E-state index contributed by atoms with van der Waals surface area (Å²) in [6, 6.07) is 13.6. The lowest BCUT2D eigenvalue weighted by Gasteiger charge is -2.15. The van der Waals surface area contributed by atoms with Crippen LogP contribution < -0.4 is 10.6 Å². The molecule has 0 fully saturated rings. The average Bonchev–Trinajstić information content (AvgIpc) is 2.78. The maximum Gasteiger partial charge on any atom is 0.397 e. The molecule has 34 heavy (non-hydrogen) atoms. The molecule has 0 saturated carbocycles. The normalized spacial score (nSPS) is 11.1. The van der Waals surface area contributed by atoms with Crippen LogP contribution >= 0.6 is 23.2 Å². The molecule has 2 N–H and O–H groups in total.